The largest absolute Gasteiger partial charge is 0.459 e. The Morgan fingerprint density at radius 2 is 1.88 bits per heavy atom. The minimum Gasteiger partial charge on any atom is -0.459 e. The topological polar surface area (TPSA) is 49.9 Å². The molecule has 146 valence electrons. The van der Waals surface area contributed by atoms with E-state index < -0.39 is 5.60 Å². The number of hydrogen-bond acceptors (Lipinski definition) is 6. The number of carbonyl (C=O) groups excluding carboxylic acids is 2. The van der Waals surface area contributed by atoms with Gasteiger partial charge in [-0.2, -0.15) is 0 Å². The maximum Gasteiger partial charge on any atom is 0.326 e. The van der Waals surface area contributed by atoms with Crippen molar-refractivity contribution in [3.8, 4) is 0 Å². The van der Waals surface area contributed by atoms with Gasteiger partial charge in [0, 0.05) is 30.5 Å². The monoisotopic (exact) mass is 390 g/mol. The summed E-state index contributed by atoms with van der Waals surface area (Å²) in [5.41, 5.74) is -0.524. The average Bonchev–Trinajstić information content (AvgIpc) is 2.99. The molecule has 1 amide bonds. The minimum atomic E-state index is -0.524. The fourth-order valence-electron chi connectivity index (χ4n) is 2.51. The highest BCUT2D eigenvalue weighted by atomic mass is 33.1. The van der Waals surface area contributed by atoms with Crippen LogP contribution in [0.1, 0.15) is 52.9 Å². The highest BCUT2D eigenvalue weighted by Crippen LogP contribution is 2.39. The molecule has 0 aromatic carbocycles. The van der Waals surface area contributed by atoms with Crippen LogP contribution in [-0.4, -0.2) is 72.0 Å². The Bertz CT molecular complexity index is 419. The molecule has 0 radical (unpaired) electrons. The lowest BCUT2D eigenvalue weighted by Gasteiger charge is -2.26. The van der Waals surface area contributed by atoms with Gasteiger partial charge in [-0.15, -0.1) is 0 Å². The van der Waals surface area contributed by atoms with Crippen molar-refractivity contribution in [1.82, 2.24) is 9.80 Å². The summed E-state index contributed by atoms with van der Waals surface area (Å²) < 4.78 is 5.37. The van der Waals surface area contributed by atoms with Crippen LogP contribution in [0.3, 0.4) is 0 Å². The number of nitrogens with zero attached hydrogens (tertiary/aromatic N) is 2. The van der Waals surface area contributed by atoms with E-state index in [0.29, 0.717) is 13.0 Å². The molecule has 1 aliphatic rings. The fraction of sp³-hybridized carbons (Fsp3) is 0.889. The normalized spacial score (nSPS) is 17.8. The third-order valence-electron chi connectivity index (χ3n) is 3.80. The molecule has 1 saturated heterocycles. The number of carbonyl (C=O) groups is 2. The van der Waals surface area contributed by atoms with Gasteiger partial charge >= 0.3 is 5.97 Å². The zero-order valence-electron chi connectivity index (χ0n) is 16.4. The van der Waals surface area contributed by atoms with Gasteiger partial charge in [-0.05, 0) is 54.1 Å². The van der Waals surface area contributed by atoms with Crippen molar-refractivity contribution >= 4 is 33.5 Å². The van der Waals surface area contributed by atoms with Gasteiger partial charge in [0.1, 0.15) is 12.1 Å². The molecule has 1 fully saturated rings. The number of esters is 1. The first kappa shape index (κ1) is 22.6. The first-order valence-electron chi connectivity index (χ1n) is 9.10. The molecule has 0 aliphatic carbocycles. The van der Waals surface area contributed by atoms with Crippen molar-refractivity contribution in [2.75, 3.05) is 39.5 Å². The van der Waals surface area contributed by atoms with E-state index in [1.54, 1.807) is 4.90 Å². The smallest absolute Gasteiger partial charge is 0.326 e. The molecule has 1 unspecified atom stereocenters. The molecule has 0 bridgehead atoms. The van der Waals surface area contributed by atoms with Crippen molar-refractivity contribution in [3.05, 3.63) is 0 Å². The molecule has 1 atom stereocenters. The summed E-state index contributed by atoms with van der Waals surface area (Å²) in [6, 6.07) is 0. The Morgan fingerprint density at radius 1 is 1.16 bits per heavy atom. The van der Waals surface area contributed by atoms with Gasteiger partial charge in [0.25, 0.3) is 0 Å². The summed E-state index contributed by atoms with van der Waals surface area (Å²) >= 11 is 0. The number of hydrogen-bond donors (Lipinski definition) is 0. The van der Waals surface area contributed by atoms with E-state index in [1.807, 2.05) is 61.4 Å². The van der Waals surface area contributed by atoms with Crippen LogP contribution in [0, 0.1) is 0 Å². The lowest BCUT2D eigenvalue weighted by atomic mass is 10.1. The third-order valence-corrected chi connectivity index (χ3v) is 6.81. The lowest BCUT2D eigenvalue weighted by molar-refractivity contribution is -0.159. The van der Waals surface area contributed by atoms with Crippen molar-refractivity contribution in [1.29, 1.82) is 0 Å². The first-order valence-corrected chi connectivity index (χ1v) is 11.5. The number of rotatable bonds is 10. The number of ether oxygens (including phenoxy) is 1. The van der Waals surface area contributed by atoms with Crippen molar-refractivity contribution in [2.45, 2.75) is 63.7 Å². The third kappa shape index (κ3) is 11.0. The van der Waals surface area contributed by atoms with E-state index in [4.69, 9.17) is 4.74 Å². The summed E-state index contributed by atoms with van der Waals surface area (Å²) in [7, 11) is 7.88. The van der Waals surface area contributed by atoms with Crippen LogP contribution < -0.4 is 0 Å². The van der Waals surface area contributed by atoms with Crippen LogP contribution >= 0.6 is 21.6 Å². The van der Waals surface area contributed by atoms with Gasteiger partial charge in [-0.1, -0.05) is 28.0 Å². The van der Waals surface area contributed by atoms with Crippen LogP contribution in [0.15, 0.2) is 0 Å². The molecule has 5 nitrogen and oxygen atoms in total. The summed E-state index contributed by atoms with van der Waals surface area (Å²) in [6.07, 6.45) is 4.97. The molecule has 0 N–H and O–H groups in total. The number of likely N-dealkylation sites (N-methyl/N-ethyl adjacent to an activating group) is 1. The van der Waals surface area contributed by atoms with E-state index in [2.05, 4.69) is 0 Å². The second kappa shape index (κ2) is 11.3. The maximum atomic E-state index is 12.5. The molecule has 0 saturated carbocycles. The van der Waals surface area contributed by atoms with E-state index in [-0.39, 0.29) is 18.4 Å². The van der Waals surface area contributed by atoms with Gasteiger partial charge in [0.2, 0.25) is 5.91 Å². The Hall–Kier alpha value is -0.400. The van der Waals surface area contributed by atoms with Gasteiger partial charge < -0.3 is 14.5 Å². The Labute approximate surface area is 161 Å². The second-order valence-electron chi connectivity index (χ2n) is 7.78. The molecule has 0 aromatic rings. The maximum absolute atomic E-state index is 12.5. The van der Waals surface area contributed by atoms with Crippen molar-refractivity contribution in [2.24, 2.45) is 0 Å². The first-order chi connectivity index (χ1) is 11.7. The second-order valence-corrected chi connectivity index (χ2v) is 10.6. The lowest BCUT2D eigenvalue weighted by Crippen LogP contribution is -2.41. The van der Waals surface area contributed by atoms with Gasteiger partial charge in [0.15, 0.2) is 0 Å². The molecule has 0 spiro atoms. The van der Waals surface area contributed by atoms with Gasteiger partial charge in [-0.3, -0.25) is 9.59 Å². The van der Waals surface area contributed by atoms with Crippen LogP contribution in [-0.2, 0) is 14.3 Å². The number of amides is 1. The van der Waals surface area contributed by atoms with Crippen molar-refractivity contribution in [3.63, 3.8) is 0 Å². The summed E-state index contributed by atoms with van der Waals surface area (Å²) in [6.45, 7) is 6.87. The van der Waals surface area contributed by atoms with Crippen LogP contribution in [0.25, 0.3) is 0 Å². The highest BCUT2D eigenvalue weighted by Gasteiger charge is 2.22. The highest BCUT2D eigenvalue weighted by molar-refractivity contribution is 8.77. The van der Waals surface area contributed by atoms with E-state index in [9.17, 15) is 9.59 Å². The van der Waals surface area contributed by atoms with Crippen LogP contribution in [0.5, 0.6) is 0 Å². The molecule has 1 aliphatic heterocycles. The van der Waals surface area contributed by atoms with E-state index in [1.165, 1.54) is 18.6 Å². The van der Waals surface area contributed by atoms with Crippen molar-refractivity contribution < 1.29 is 14.3 Å². The average molecular weight is 391 g/mol. The SMILES string of the molecule is CN(C)CCN(CC(=O)OC(C)(C)C)C(=O)CCCCC1CCSS1. The standard InChI is InChI=1S/C18H34N2O3S2/c1-18(2,3)23-17(22)14-20(12-11-19(4)5)16(21)9-7-6-8-15-10-13-24-25-15/h15H,6-14H2,1-5H3. The number of unbranched alkanes of at least 4 members (excludes halogenated alkanes) is 1. The van der Waals surface area contributed by atoms with Crippen LogP contribution in [0.2, 0.25) is 0 Å². The van der Waals surface area contributed by atoms with Gasteiger partial charge in [0.05, 0.1) is 0 Å². The van der Waals surface area contributed by atoms with E-state index in [0.717, 1.165) is 24.6 Å². The molecular weight excluding hydrogens is 356 g/mol. The Balaban J connectivity index is 2.40. The van der Waals surface area contributed by atoms with Crippen LogP contribution in [0.4, 0.5) is 0 Å². The Kier molecular flexibility index (Phi) is 10.3. The van der Waals surface area contributed by atoms with E-state index >= 15 is 0 Å². The summed E-state index contributed by atoms with van der Waals surface area (Å²) in [5, 5.41) is 0.756. The molecule has 1 rings (SSSR count). The molecule has 1 heterocycles. The van der Waals surface area contributed by atoms with Gasteiger partial charge in [-0.25, -0.2) is 0 Å². The molecular formula is C18H34N2O3S2. The minimum absolute atomic E-state index is 0.0407. The summed E-state index contributed by atoms with van der Waals surface area (Å²) in [4.78, 5) is 28.3. The molecule has 7 heteroatoms. The zero-order chi connectivity index (χ0) is 18.9. The zero-order valence-corrected chi connectivity index (χ0v) is 18.0. The molecule has 0 aromatic heterocycles. The molecule has 25 heavy (non-hydrogen) atoms. The Morgan fingerprint density at radius 3 is 2.44 bits per heavy atom. The predicted molar refractivity (Wildman–Crippen MR) is 108 cm³/mol. The quantitative estimate of drug-likeness (QED) is 0.324. The predicted octanol–water partition coefficient (Wildman–Crippen LogP) is 3.43. The fourth-order valence-corrected chi connectivity index (χ4v) is 5.54. The summed E-state index contributed by atoms with van der Waals surface area (Å²) in [5.74, 6) is 0.975.